The average molecular weight is 297 g/mol. The van der Waals surface area contributed by atoms with Crippen LogP contribution in [0.2, 0.25) is 0 Å². The van der Waals surface area contributed by atoms with Gasteiger partial charge in [0.15, 0.2) is 0 Å². The van der Waals surface area contributed by atoms with Crippen molar-refractivity contribution in [1.82, 2.24) is 4.72 Å². The number of nitrogens with one attached hydrogen (secondary N) is 1. The molecule has 1 aromatic carbocycles. The van der Waals surface area contributed by atoms with Crippen molar-refractivity contribution in [3.63, 3.8) is 0 Å². The van der Waals surface area contributed by atoms with Crippen LogP contribution in [0.1, 0.15) is 32.6 Å². The molecular weight excluding hydrogens is 274 g/mol. The minimum absolute atomic E-state index is 0.264. The lowest BCUT2D eigenvalue weighted by Gasteiger charge is -2.30. The number of hydrogen-bond acceptors (Lipinski definition) is 4. The Labute approximate surface area is 121 Å². The molecule has 0 amide bonds. The lowest BCUT2D eigenvalue weighted by atomic mass is 10.1. The third-order valence-corrected chi connectivity index (χ3v) is 5.36. The van der Waals surface area contributed by atoms with Gasteiger partial charge in [-0.1, -0.05) is 12.8 Å². The molecular formula is C14H23N3O2S. The van der Waals surface area contributed by atoms with Gasteiger partial charge in [-0.2, -0.15) is 0 Å². The molecule has 1 aliphatic heterocycles. The Morgan fingerprint density at radius 3 is 2.75 bits per heavy atom. The molecule has 112 valence electrons. The zero-order chi connectivity index (χ0) is 14.8. The minimum Gasteiger partial charge on any atom is -0.397 e. The van der Waals surface area contributed by atoms with Crippen LogP contribution in [0.25, 0.3) is 0 Å². The number of benzene rings is 1. The van der Waals surface area contributed by atoms with E-state index >= 15 is 0 Å². The van der Waals surface area contributed by atoms with Gasteiger partial charge >= 0.3 is 0 Å². The van der Waals surface area contributed by atoms with E-state index in [1.807, 2.05) is 0 Å². The quantitative estimate of drug-likeness (QED) is 0.836. The van der Waals surface area contributed by atoms with Crippen LogP contribution >= 0.6 is 0 Å². The maximum absolute atomic E-state index is 11.9. The lowest BCUT2D eigenvalue weighted by Crippen LogP contribution is -2.33. The van der Waals surface area contributed by atoms with Crippen LogP contribution < -0.4 is 15.4 Å². The van der Waals surface area contributed by atoms with Crippen molar-refractivity contribution in [3.05, 3.63) is 18.2 Å². The van der Waals surface area contributed by atoms with Gasteiger partial charge in [0.2, 0.25) is 10.0 Å². The van der Waals surface area contributed by atoms with Crippen molar-refractivity contribution in [2.24, 2.45) is 0 Å². The normalized spacial score (nSPS) is 20.7. The number of nitrogen functional groups attached to an aromatic ring is 1. The van der Waals surface area contributed by atoms with Crippen LogP contribution in [-0.2, 0) is 10.0 Å². The number of nitrogens with two attached hydrogens (primary N) is 1. The summed E-state index contributed by atoms with van der Waals surface area (Å²) >= 11 is 0. The first-order valence-corrected chi connectivity index (χ1v) is 8.54. The molecule has 0 aromatic heterocycles. The summed E-state index contributed by atoms with van der Waals surface area (Å²) in [6.07, 6.45) is 4.66. The average Bonchev–Trinajstić information content (AvgIpc) is 2.64. The van der Waals surface area contributed by atoms with Gasteiger partial charge in [-0.15, -0.1) is 0 Å². The molecule has 1 fully saturated rings. The summed E-state index contributed by atoms with van der Waals surface area (Å²) in [5.41, 5.74) is 7.52. The SMILES string of the molecule is CNS(=O)(=O)c1ccc(N)c(N2CCCCCC2C)c1. The Morgan fingerprint density at radius 2 is 2.05 bits per heavy atom. The van der Waals surface area contributed by atoms with E-state index in [0.29, 0.717) is 11.7 Å². The summed E-state index contributed by atoms with van der Waals surface area (Å²) in [4.78, 5) is 2.50. The van der Waals surface area contributed by atoms with Crippen LogP contribution in [0.4, 0.5) is 11.4 Å². The largest absolute Gasteiger partial charge is 0.397 e. The summed E-state index contributed by atoms with van der Waals surface area (Å²) in [7, 11) is -2.02. The molecule has 1 saturated heterocycles. The molecule has 1 unspecified atom stereocenters. The second-order valence-electron chi connectivity index (χ2n) is 5.32. The highest BCUT2D eigenvalue weighted by atomic mass is 32.2. The predicted molar refractivity (Wildman–Crippen MR) is 82.4 cm³/mol. The Hall–Kier alpha value is -1.27. The second-order valence-corrected chi connectivity index (χ2v) is 7.21. The van der Waals surface area contributed by atoms with Crippen molar-refractivity contribution in [2.45, 2.75) is 43.5 Å². The van der Waals surface area contributed by atoms with Crippen LogP contribution in [0.5, 0.6) is 0 Å². The molecule has 20 heavy (non-hydrogen) atoms. The van der Waals surface area contributed by atoms with Gasteiger partial charge in [-0.05, 0) is 45.0 Å². The van der Waals surface area contributed by atoms with Gasteiger partial charge < -0.3 is 10.6 Å². The standard InChI is InChI=1S/C14H23N3O2S/c1-11-6-4-3-5-9-17(11)14-10-12(7-8-13(14)15)20(18,19)16-2/h7-8,10-11,16H,3-6,9,15H2,1-2H3. The first-order chi connectivity index (χ1) is 9.45. The molecule has 0 bridgehead atoms. The number of rotatable bonds is 3. The summed E-state index contributed by atoms with van der Waals surface area (Å²) in [5, 5.41) is 0. The molecule has 1 atom stereocenters. The predicted octanol–water partition coefficient (Wildman–Crippen LogP) is 1.95. The zero-order valence-corrected chi connectivity index (χ0v) is 12.9. The molecule has 3 N–H and O–H groups in total. The monoisotopic (exact) mass is 297 g/mol. The van der Waals surface area contributed by atoms with E-state index in [0.717, 1.165) is 25.1 Å². The summed E-state index contributed by atoms with van der Waals surface area (Å²) in [5.74, 6) is 0. The lowest BCUT2D eigenvalue weighted by molar-refractivity contribution is 0.587. The van der Waals surface area contributed by atoms with Gasteiger partial charge in [0, 0.05) is 12.6 Å². The van der Waals surface area contributed by atoms with Crippen molar-refractivity contribution < 1.29 is 8.42 Å². The van der Waals surface area contributed by atoms with Crippen molar-refractivity contribution in [2.75, 3.05) is 24.2 Å². The Bertz CT molecular complexity index is 572. The van der Waals surface area contributed by atoms with Crippen LogP contribution in [0.3, 0.4) is 0 Å². The summed E-state index contributed by atoms with van der Waals surface area (Å²) in [6, 6.07) is 5.29. The van der Waals surface area contributed by atoms with Gasteiger partial charge in [0.1, 0.15) is 0 Å². The fourth-order valence-corrected chi connectivity index (χ4v) is 3.44. The smallest absolute Gasteiger partial charge is 0.240 e. The number of sulfonamides is 1. The molecule has 6 heteroatoms. The third-order valence-electron chi connectivity index (χ3n) is 3.94. The van der Waals surface area contributed by atoms with Gasteiger partial charge in [-0.3, -0.25) is 0 Å². The molecule has 1 aromatic rings. The highest BCUT2D eigenvalue weighted by Gasteiger charge is 2.21. The maximum atomic E-state index is 11.9. The first-order valence-electron chi connectivity index (χ1n) is 7.05. The van der Waals surface area contributed by atoms with E-state index in [9.17, 15) is 8.42 Å². The molecule has 2 rings (SSSR count). The second kappa shape index (κ2) is 6.01. The molecule has 5 nitrogen and oxygen atoms in total. The Balaban J connectivity index is 2.42. The van der Waals surface area contributed by atoms with Gasteiger partial charge in [0.05, 0.1) is 16.3 Å². The van der Waals surface area contributed by atoms with Gasteiger partial charge in [-0.25, -0.2) is 13.1 Å². The maximum Gasteiger partial charge on any atom is 0.240 e. The van der Waals surface area contributed by atoms with Crippen molar-refractivity contribution in [3.8, 4) is 0 Å². The highest BCUT2D eigenvalue weighted by molar-refractivity contribution is 7.89. The molecule has 1 heterocycles. The van der Waals surface area contributed by atoms with E-state index in [1.54, 1.807) is 18.2 Å². The van der Waals surface area contributed by atoms with E-state index in [1.165, 1.54) is 19.9 Å². The van der Waals surface area contributed by atoms with Crippen LogP contribution in [-0.4, -0.2) is 28.1 Å². The topological polar surface area (TPSA) is 75.4 Å². The number of anilines is 2. The highest BCUT2D eigenvalue weighted by Crippen LogP contribution is 2.31. The molecule has 0 radical (unpaired) electrons. The van der Waals surface area contributed by atoms with E-state index < -0.39 is 10.0 Å². The zero-order valence-electron chi connectivity index (χ0n) is 12.1. The van der Waals surface area contributed by atoms with Crippen molar-refractivity contribution >= 4 is 21.4 Å². The molecule has 0 saturated carbocycles. The fourth-order valence-electron chi connectivity index (χ4n) is 2.69. The summed E-state index contributed by atoms with van der Waals surface area (Å²) < 4.78 is 26.2. The fraction of sp³-hybridized carbons (Fsp3) is 0.571. The van der Waals surface area contributed by atoms with Gasteiger partial charge in [0.25, 0.3) is 0 Å². The number of hydrogen-bond donors (Lipinski definition) is 2. The molecule has 0 aliphatic carbocycles. The Morgan fingerprint density at radius 1 is 1.30 bits per heavy atom. The first kappa shape index (κ1) is 15.1. The Kier molecular flexibility index (Phi) is 4.55. The van der Waals surface area contributed by atoms with E-state index in [-0.39, 0.29) is 4.90 Å². The minimum atomic E-state index is -3.43. The van der Waals surface area contributed by atoms with E-state index in [2.05, 4.69) is 16.5 Å². The molecule has 0 spiro atoms. The van der Waals surface area contributed by atoms with Crippen LogP contribution in [0.15, 0.2) is 23.1 Å². The number of nitrogens with zero attached hydrogens (tertiary/aromatic N) is 1. The third kappa shape index (κ3) is 3.07. The molecule has 1 aliphatic rings. The van der Waals surface area contributed by atoms with E-state index in [4.69, 9.17) is 5.73 Å². The van der Waals surface area contributed by atoms with Crippen molar-refractivity contribution in [1.29, 1.82) is 0 Å². The van der Waals surface area contributed by atoms with Crippen LogP contribution in [0, 0.1) is 0 Å². The summed E-state index contributed by atoms with van der Waals surface area (Å²) in [6.45, 7) is 3.10.